The smallest absolute Gasteiger partial charge is 0.371 e. The average Bonchev–Trinajstić information content (AvgIpc) is 3.10. The number of hydrogen-bond acceptors (Lipinski definition) is 2. The van der Waals surface area contributed by atoms with Crippen LogP contribution in [0.4, 0.5) is 13.2 Å². The molecule has 1 aromatic carbocycles. The second kappa shape index (κ2) is 5.55. The SMILES string of the molecule is FC(F)(F)COC[C@@]12CNCC[C@]1(c1ccc(Cl)c(Cl)c1)C2. The molecule has 2 fully saturated rings. The topological polar surface area (TPSA) is 21.3 Å². The van der Waals surface area contributed by atoms with Crippen molar-refractivity contribution in [2.24, 2.45) is 5.41 Å². The molecule has 1 aromatic rings. The van der Waals surface area contributed by atoms with Gasteiger partial charge < -0.3 is 10.1 Å². The Morgan fingerprint density at radius 3 is 2.68 bits per heavy atom. The van der Waals surface area contributed by atoms with E-state index in [4.69, 9.17) is 27.9 Å². The zero-order valence-electron chi connectivity index (χ0n) is 11.8. The first-order chi connectivity index (χ1) is 10.3. The van der Waals surface area contributed by atoms with Crippen molar-refractivity contribution in [3.05, 3.63) is 33.8 Å². The Kier molecular flexibility index (Phi) is 4.13. The number of rotatable bonds is 4. The van der Waals surface area contributed by atoms with Crippen LogP contribution in [-0.4, -0.2) is 32.5 Å². The normalized spacial score (nSPS) is 31.0. The van der Waals surface area contributed by atoms with Crippen molar-refractivity contribution in [1.29, 1.82) is 0 Å². The molecule has 2 aliphatic rings. The van der Waals surface area contributed by atoms with Crippen LogP contribution >= 0.6 is 23.2 Å². The molecule has 2 atom stereocenters. The number of alkyl halides is 3. The first-order valence-electron chi connectivity index (χ1n) is 7.09. The lowest BCUT2D eigenvalue weighted by atomic mass is 9.81. The summed E-state index contributed by atoms with van der Waals surface area (Å²) in [5.41, 5.74) is 0.602. The minimum atomic E-state index is -4.29. The summed E-state index contributed by atoms with van der Waals surface area (Å²) in [5.74, 6) is 0. The number of ether oxygens (including phenoxy) is 1. The monoisotopic (exact) mass is 353 g/mol. The molecule has 0 unspecified atom stereocenters. The summed E-state index contributed by atoms with van der Waals surface area (Å²) in [6, 6.07) is 5.50. The van der Waals surface area contributed by atoms with E-state index in [1.807, 2.05) is 12.1 Å². The van der Waals surface area contributed by atoms with Crippen LogP contribution in [0.5, 0.6) is 0 Å². The summed E-state index contributed by atoms with van der Waals surface area (Å²) >= 11 is 12.0. The van der Waals surface area contributed by atoms with Crippen LogP contribution < -0.4 is 5.32 Å². The molecule has 122 valence electrons. The Bertz CT molecular complexity index is 580. The Morgan fingerprint density at radius 1 is 1.23 bits per heavy atom. The molecule has 22 heavy (non-hydrogen) atoms. The lowest BCUT2D eigenvalue weighted by Gasteiger charge is -2.32. The van der Waals surface area contributed by atoms with Crippen LogP contribution in [-0.2, 0) is 10.2 Å². The van der Waals surface area contributed by atoms with Crippen molar-refractivity contribution in [2.45, 2.75) is 24.4 Å². The Hall–Kier alpha value is -0.490. The molecule has 0 aromatic heterocycles. The summed E-state index contributed by atoms with van der Waals surface area (Å²) in [6.07, 6.45) is -2.62. The maximum atomic E-state index is 12.3. The van der Waals surface area contributed by atoms with E-state index < -0.39 is 12.8 Å². The summed E-state index contributed by atoms with van der Waals surface area (Å²) < 4.78 is 41.8. The molecular weight excluding hydrogens is 338 g/mol. The van der Waals surface area contributed by atoms with Gasteiger partial charge in [-0.2, -0.15) is 13.2 Å². The van der Waals surface area contributed by atoms with Gasteiger partial charge in [0.1, 0.15) is 6.61 Å². The quantitative estimate of drug-likeness (QED) is 0.875. The highest BCUT2D eigenvalue weighted by Crippen LogP contribution is 2.68. The molecular formula is C15H16Cl2F3NO. The van der Waals surface area contributed by atoms with E-state index in [0.29, 0.717) is 16.6 Å². The highest BCUT2D eigenvalue weighted by molar-refractivity contribution is 6.42. The van der Waals surface area contributed by atoms with Crippen molar-refractivity contribution in [3.63, 3.8) is 0 Å². The molecule has 2 nitrogen and oxygen atoms in total. The minimum absolute atomic E-state index is 0.0970. The van der Waals surface area contributed by atoms with E-state index in [2.05, 4.69) is 5.32 Å². The fraction of sp³-hybridized carbons (Fsp3) is 0.600. The molecule has 1 aliphatic heterocycles. The molecule has 1 aliphatic carbocycles. The van der Waals surface area contributed by atoms with Crippen molar-refractivity contribution >= 4 is 23.2 Å². The van der Waals surface area contributed by atoms with Crippen LogP contribution in [0, 0.1) is 5.41 Å². The van der Waals surface area contributed by atoms with Gasteiger partial charge in [-0.3, -0.25) is 0 Å². The number of hydrogen-bond donors (Lipinski definition) is 1. The standard InChI is InChI=1S/C15H16Cl2F3NO/c16-11-2-1-10(5-12(11)17)14-3-4-21-7-13(14,6-14)8-22-9-15(18,19)20/h1-2,5,21H,3-4,6-9H2/t13-,14-/m1/s1. The zero-order chi connectivity index (χ0) is 16.0. The van der Waals surface area contributed by atoms with Crippen LogP contribution in [0.15, 0.2) is 18.2 Å². The number of halogens is 5. The average molecular weight is 354 g/mol. The van der Waals surface area contributed by atoms with E-state index in [0.717, 1.165) is 24.9 Å². The maximum absolute atomic E-state index is 12.3. The summed E-state index contributed by atoms with van der Waals surface area (Å²) in [6.45, 7) is 0.387. The number of benzene rings is 1. The van der Waals surface area contributed by atoms with E-state index in [9.17, 15) is 13.2 Å². The zero-order valence-corrected chi connectivity index (χ0v) is 13.3. The molecule has 7 heteroatoms. The molecule has 0 amide bonds. The van der Waals surface area contributed by atoms with Gasteiger partial charge in [0.15, 0.2) is 0 Å². The largest absolute Gasteiger partial charge is 0.411 e. The van der Waals surface area contributed by atoms with Crippen LogP contribution in [0.3, 0.4) is 0 Å². The first kappa shape index (κ1) is 16.4. The van der Waals surface area contributed by atoms with Crippen molar-refractivity contribution in [3.8, 4) is 0 Å². The highest BCUT2D eigenvalue weighted by atomic mass is 35.5. The van der Waals surface area contributed by atoms with Crippen molar-refractivity contribution < 1.29 is 17.9 Å². The van der Waals surface area contributed by atoms with Crippen LogP contribution in [0.25, 0.3) is 0 Å². The first-order valence-corrected chi connectivity index (χ1v) is 7.84. The molecule has 0 spiro atoms. The number of nitrogens with one attached hydrogen (secondary N) is 1. The second-order valence-corrected chi connectivity index (χ2v) is 7.02. The van der Waals surface area contributed by atoms with E-state index in [-0.39, 0.29) is 17.4 Å². The molecule has 1 N–H and O–H groups in total. The molecule has 1 heterocycles. The Morgan fingerprint density at radius 2 is 2.00 bits per heavy atom. The fourth-order valence-electron chi connectivity index (χ4n) is 3.70. The summed E-state index contributed by atoms with van der Waals surface area (Å²) in [7, 11) is 0. The molecule has 1 saturated carbocycles. The highest BCUT2D eigenvalue weighted by Gasteiger charge is 2.68. The van der Waals surface area contributed by atoms with E-state index in [1.54, 1.807) is 6.07 Å². The van der Waals surface area contributed by atoms with Gasteiger partial charge in [-0.15, -0.1) is 0 Å². The van der Waals surface area contributed by atoms with E-state index >= 15 is 0 Å². The summed E-state index contributed by atoms with van der Waals surface area (Å²) in [4.78, 5) is 0. The third kappa shape index (κ3) is 2.84. The van der Waals surface area contributed by atoms with Gasteiger partial charge in [0, 0.05) is 17.4 Å². The van der Waals surface area contributed by atoms with Gasteiger partial charge in [0.25, 0.3) is 0 Å². The van der Waals surface area contributed by atoms with Gasteiger partial charge in [-0.05, 0) is 37.1 Å². The lowest BCUT2D eigenvalue weighted by Crippen LogP contribution is -2.41. The van der Waals surface area contributed by atoms with Gasteiger partial charge in [-0.1, -0.05) is 29.3 Å². The predicted octanol–water partition coefficient (Wildman–Crippen LogP) is 4.19. The summed E-state index contributed by atoms with van der Waals surface area (Å²) in [5, 5.41) is 4.22. The molecule has 0 bridgehead atoms. The second-order valence-electron chi connectivity index (χ2n) is 6.20. The van der Waals surface area contributed by atoms with Gasteiger partial charge >= 0.3 is 6.18 Å². The molecule has 0 radical (unpaired) electrons. The van der Waals surface area contributed by atoms with Gasteiger partial charge in [0.2, 0.25) is 0 Å². The fourth-order valence-corrected chi connectivity index (χ4v) is 3.99. The lowest BCUT2D eigenvalue weighted by molar-refractivity contribution is -0.178. The Labute approximate surface area is 136 Å². The predicted molar refractivity (Wildman–Crippen MR) is 79.6 cm³/mol. The third-order valence-electron chi connectivity index (χ3n) is 4.84. The third-order valence-corrected chi connectivity index (χ3v) is 5.58. The van der Waals surface area contributed by atoms with Crippen LogP contribution in [0.1, 0.15) is 18.4 Å². The van der Waals surface area contributed by atoms with Crippen LogP contribution in [0.2, 0.25) is 10.0 Å². The number of piperidine rings is 1. The van der Waals surface area contributed by atoms with Crippen molar-refractivity contribution in [2.75, 3.05) is 26.3 Å². The molecule has 1 saturated heterocycles. The van der Waals surface area contributed by atoms with Gasteiger partial charge in [0.05, 0.1) is 16.7 Å². The maximum Gasteiger partial charge on any atom is 0.411 e. The minimum Gasteiger partial charge on any atom is -0.371 e. The van der Waals surface area contributed by atoms with E-state index in [1.165, 1.54) is 0 Å². The Balaban J connectivity index is 1.78. The van der Waals surface area contributed by atoms with Gasteiger partial charge in [-0.25, -0.2) is 0 Å². The van der Waals surface area contributed by atoms with Crippen molar-refractivity contribution in [1.82, 2.24) is 5.32 Å². The number of fused-ring (bicyclic) bond motifs is 1. The molecule has 3 rings (SSSR count).